The molecule has 106 valence electrons. The Morgan fingerprint density at radius 1 is 1.35 bits per heavy atom. The molecular weight excluding hydrogens is 298 g/mol. The summed E-state index contributed by atoms with van der Waals surface area (Å²) in [6, 6.07) is 6.53. The molecule has 0 aliphatic heterocycles. The van der Waals surface area contributed by atoms with Crippen molar-refractivity contribution < 1.29 is 13.2 Å². The Bertz CT molecular complexity index is 696. The van der Waals surface area contributed by atoms with Gasteiger partial charge < -0.3 is 5.32 Å². The predicted octanol–water partition coefficient (Wildman–Crippen LogP) is 0.763. The van der Waals surface area contributed by atoms with Crippen molar-refractivity contribution in [1.82, 2.24) is 10.3 Å². The minimum absolute atomic E-state index is 0.131. The number of aromatic nitrogens is 1. The number of hydrogen-bond acceptors (Lipinski definition) is 5. The third-order valence-electron chi connectivity index (χ3n) is 2.50. The number of rotatable bonds is 5. The fourth-order valence-electron chi connectivity index (χ4n) is 1.54. The third kappa shape index (κ3) is 3.86. The van der Waals surface area contributed by atoms with Gasteiger partial charge in [0.25, 0.3) is 5.91 Å². The van der Waals surface area contributed by atoms with Gasteiger partial charge in [0, 0.05) is 23.8 Å². The molecule has 2 aromatic heterocycles. The Morgan fingerprint density at radius 2 is 2.15 bits per heavy atom. The van der Waals surface area contributed by atoms with Gasteiger partial charge in [-0.15, -0.1) is 11.3 Å². The van der Waals surface area contributed by atoms with Crippen LogP contribution in [0.4, 0.5) is 0 Å². The van der Waals surface area contributed by atoms with Crippen LogP contribution in [-0.4, -0.2) is 25.9 Å². The molecule has 0 radical (unpaired) electrons. The van der Waals surface area contributed by atoms with Gasteiger partial charge in [0.05, 0.1) is 5.56 Å². The Kier molecular flexibility index (Phi) is 4.48. The first-order valence-corrected chi connectivity index (χ1v) is 8.13. The molecule has 0 bridgehead atoms. The quantitative estimate of drug-likeness (QED) is 0.851. The van der Waals surface area contributed by atoms with Gasteiger partial charge in [-0.05, 0) is 30.7 Å². The Hall–Kier alpha value is -1.77. The van der Waals surface area contributed by atoms with E-state index in [1.165, 1.54) is 12.3 Å². The second kappa shape index (κ2) is 6.12. The molecule has 0 saturated carbocycles. The number of nitrogens with zero attached hydrogens (tertiary/aromatic N) is 1. The van der Waals surface area contributed by atoms with Crippen molar-refractivity contribution in [3.63, 3.8) is 0 Å². The first kappa shape index (κ1) is 14.6. The molecule has 0 aliphatic rings. The number of carbonyl (C=O) groups excluding carboxylic acids is 1. The topological polar surface area (TPSA) is 102 Å². The van der Waals surface area contributed by atoms with E-state index in [4.69, 9.17) is 5.14 Å². The largest absolute Gasteiger partial charge is 0.352 e. The van der Waals surface area contributed by atoms with Crippen LogP contribution in [0.25, 0.3) is 0 Å². The maximum atomic E-state index is 11.7. The molecule has 0 aromatic carbocycles. The highest BCUT2D eigenvalue weighted by molar-refractivity contribution is 7.91. The molecule has 6 nitrogen and oxygen atoms in total. The Morgan fingerprint density at radius 3 is 2.75 bits per heavy atom. The number of nitrogens with two attached hydrogens (primary N) is 1. The van der Waals surface area contributed by atoms with Crippen LogP contribution in [0.3, 0.4) is 0 Å². The number of sulfonamides is 1. The number of nitrogens with one attached hydrogen (secondary N) is 1. The van der Waals surface area contributed by atoms with Crippen molar-refractivity contribution in [1.29, 1.82) is 0 Å². The number of amides is 1. The van der Waals surface area contributed by atoms with Crippen LogP contribution in [0.5, 0.6) is 0 Å². The zero-order chi connectivity index (χ0) is 14.6. The number of carbonyl (C=O) groups is 1. The van der Waals surface area contributed by atoms with Gasteiger partial charge in [-0.1, -0.05) is 0 Å². The fourth-order valence-corrected chi connectivity index (χ4v) is 3.32. The molecule has 3 N–H and O–H groups in total. The molecule has 1 amide bonds. The molecule has 0 fully saturated rings. The standard InChI is InChI=1S/C12H13N3O3S2/c13-20(17,18)11-4-3-10(19-11)5-7-15-12(16)9-2-1-6-14-8-9/h1-4,6,8H,5,7H2,(H,15,16)(H2,13,17,18). The van der Waals surface area contributed by atoms with Gasteiger partial charge in [-0.25, -0.2) is 13.6 Å². The average Bonchev–Trinajstić information content (AvgIpc) is 2.88. The first-order valence-electron chi connectivity index (χ1n) is 5.76. The SMILES string of the molecule is NS(=O)(=O)c1ccc(CCNC(=O)c2cccnc2)s1. The van der Waals surface area contributed by atoms with Gasteiger partial charge >= 0.3 is 0 Å². The molecule has 20 heavy (non-hydrogen) atoms. The van der Waals surface area contributed by atoms with E-state index in [1.54, 1.807) is 24.4 Å². The lowest BCUT2D eigenvalue weighted by Gasteiger charge is -2.03. The van der Waals surface area contributed by atoms with Crippen molar-refractivity contribution in [3.05, 3.63) is 47.1 Å². The van der Waals surface area contributed by atoms with Crippen LogP contribution in [0.2, 0.25) is 0 Å². The van der Waals surface area contributed by atoms with E-state index in [2.05, 4.69) is 10.3 Å². The smallest absolute Gasteiger partial charge is 0.252 e. The van der Waals surface area contributed by atoms with E-state index in [0.717, 1.165) is 16.2 Å². The Labute approximate surface area is 120 Å². The van der Waals surface area contributed by atoms with Crippen LogP contribution in [0.1, 0.15) is 15.2 Å². The van der Waals surface area contributed by atoms with Gasteiger partial charge in [0.1, 0.15) is 4.21 Å². The highest BCUT2D eigenvalue weighted by atomic mass is 32.2. The van der Waals surface area contributed by atoms with Crippen molar-refractivity contribution in [2.24, 2.45) is 5.14 Å². The van der Waals surface area contributed by atoms with E-state index in [9.17, 15) is 13.2 Å². The molecule has 8 heteroatoms. The van der Waals surface area contributed by atoms with Crippen molar-refractivity contribution in [2.45, 2.75) is 10.6 Å². The second-order valence-corrected chi connectivity index (χ2v) is 6.97. The van der Waals surface area contributed by atoms with Crippen molar-refractivity contribution in [3.8, 4) is 0 Å². The summed E-state index contributed by atoms with van der Waals surface area (Å²) in [6.07, 6.45) is 3.63. The molecule has 0 aliphatic carbocycles. The molecule has 2 aromatic rings. The second-order valence-electron chi connectivity index (χ2n) is 4.01. The van der Waals surface area contributed by atoms with Crippen molar-refractivity contribution >= 4 is 27.3 Å². The number of primary sulfonamides is 1. The van der Waals surface area contributed by atoms with Gasteiger partial charge in [-0.3, -0.25) is 9.78 Å². The molecule has 0 atom stereocenters. The zero-order valence-corrected chi connectivity index (χ0v) is 12.1. The molecular formula is C12H13N3O3S2. The molecule has 0 unspecified atom stereocenters. The third-order valence-corrected chi connectivity index (χ3v) is 5.08. The first-order chi connectivity index (χ1) is 9.47. The Balaban J connectivity index is 1.88. The summed E-state index contributed by atoms with van der Waals surface area (Å²) in [5, 5.41) is 7.77. The van der Waals surface area contributed by atoms with Gasteiger partial charge in [0.2, 0.25) is 10.0 Å². The van der Waals surface area contributed by atoms with Gasteiger partial charge in [0.15, 0.2) is 0 Å². The van der Waals surface area contributed by atoms with E-state index >= 15 is 0 Å². The molecule has 0 saturated heterocycles. The fraction of sp³-hybridized carbons (Fsp3) is 0.167. The van der Waals surface area contributed by atoms with Gasteiger partial charge in [-0.2, -0.15) is 0 Å². The average molecular weight is 311 g/mol. The lowest BCUT2D eigenvalue weighted by molar-refractivity contribution is 0.0954. The van der Waals surface area contributed by atoms with E-state index in [1.807, 2.05) is 0 Å². The summed E-state index contributed by atoms with van der Waals surface area (Å²) in [7, 11) is -3.64. The van der Waals surface area contributed by atoms with Crippen LogP contribution in [-0.2, 0) is 16.4 Å². The van der Waals surface area contributed by atoms with Crippen molar-refractivity contribution in [2.75, 3.05) is 6.54 Å². The monoisotopic (exact) mass is 311 g/mol. The van der Waals surface area contributed by atoms with Crippen LogP contribution >= 0.6 is 11.3 Å². The minimum atomic E-state index is -3.64. The molecule has 2 heterocycles. The normalized spacial score (nSPS) is 11.2. The number of thiophene rings is 1. The summed E-state index contributed by atoms with van der Waals surface area (Å²) in [4.78, 5) is 16.4. The maximum absolute atomic E-state index is 11.7. The van der Waals surface area contributed by atoms with Crippen LogP contribution in [0.15, 0.2) is 40.9 Å². The summed E-state index contributed by atoms with van der Waals surface area (Å²) in [5.41, 5.74) is 0.490. The lowest BCUT2D eigenvalue weighted by atomic mass is 10.2. The highest BCUT2D eigenvalue weighted by Crippen LogP contribution is 2.20. The zero-order valence-electron chi connectivity index (χ0n) is 10.4. The number of pyridine rings is 1. The van der Waals surface area contributed by atoms with Crippen LogP contribution in [0, 0.1) is 0 Å². The minimum Gasteiger partial charge on any atom is -0.352 e. The summed E-state index contributed by atoms with van der Waals surface area (Å²) < 4.78 is 22.4. The summed E-state index contributed by atoms with van der Waals surface area (Å²) >= 11 is 1.11. The highest BCUT2D eigenvalue weighted by Gasteiger charge is 2.11. The summed E-state index contributed by atoms with van der Waals surface area (Å²) in [6.45, 7) is 0.415. The predicted molar refractivity (Wildman–Crippen MR) is 76.0 cm³/mol. The summed E-state index contributed by atoms with van der Waals surface area (Å²) in [5.74, 6) is -0.207. The van der Waals surface area contributed by atoms with Crippen LogP contribution < -0.4 is 10.5 Å². The van der Waals surface area contributed by atoms with E-state index in [-0.39, 0.29) is 10.1 Å². The maximum Gasteiger partial charge on any atom is 0.252 e. The van der Waals surface area contributed by atoms with E-state index in [0.29, 0.717) is 18.5 Å². The number of hydrogen-bond donors (Lipinski definition) is 2. The molecule has 0 spiro atoms. The van der Waals surface area contributed by atoms with E-state index < -0.39 is 10.0 Å². The molecule has 2 rings (SSSR count). The lowest BCUT2D eigenvalue weighted by Crippen LogP contribution is -2.25.